The quantitative estimate of drug-likeness (QED) is 0.715. The van der Waals surface area contributed by atoms with Gasteiger partial charge in [-0.25, -0.2) is 8.78 Å². The summed E-state index contributed by atoms with van der Waals surface area (Å²) in [6, 6.07) is 5.94. The first-order valence-corrected chi connectivity index (χ1v) is 5.98. The largest absolute Gasteiger partial charge is 0.427 e. The van der Waals surface area contributed by atoms with E-state index in [0.29, 0.717) is 17.1 Å². The van der Waals surface area contributed by atoms with E-state index in [0.717, 1.165) is 13.0 Å². The van der Waals surface area contributed by atoms with Gasteiger partial charge in [0.25, 0.3) is 5.92 Å². The first-order valence-electron chi connectivity index (χ1n) is 5.20. The molecule has 0 unspecified atom stereocenters. The Morgan fingerprint density at radius 2 is 1.58 bits per heavy atom. The summed E-state index contributed by atoms with van der Waals surface area (Å²) in [4.78, 5) is -0.813. The van der Waals surface area contributed by atoms with Gasteiger partial charge in [-0.15, -0.1) is 0 Å². The van der Waals surface area contributed by atoms with Gasteiger partial charge in [-0.05, 0) is 17.6 Å². The summed E-state index contributed by atoms with van der Waals surface area (Å²) in [5.74, 6) is -2.97. The Morgan fingerprint density at radius 1 is 1.00 bits per heavy atom. The Kier molecular flexibility index (Phi) is 3.34. The summed E-state index contributed by atoms with van der Waals surface area (Å²) in [5, 5.41) is 0. The van der Waals surface area contributed by atoms with E-state index >= 15 is 0 Å². The van der Waals surface area contributed by atoms with Crippen LogP contribution in [0.5, 0.6) is 0 Å². The first-order chi connectivity index (χ1) is 8.68. The average molecular weight is 293 g/mol. The van der Waals surface area contributed by atoms with Gasteiger partial charge in [0.2, 0.25) is 0 Å². The van der Waals surface area contributed by atoms with Crippen LogP contribution >= 0.6 is 11.5 Å². The van der Waals surface area contributed by atoms with Crippen LogP contribution in [0.15, 0.2) is 30.3 Å². The summed E-state index contributed by atoms with van der Waals surface area (Å²) >= 11 is 0.338. The van der Waals surface area contributed by atoms with E-state index in [4.69, 9.17) is 0 Å². The summed E-state index contributed by atoms with van der Waals surface area (Å²) in [6.07, 6.45) is -4.44. The fraction of sp³-hybridized carbons (Fsp3) is 0.250. The van der Waals surface area contributed by atoms with Crippen LogP contribution in [0.4, 0.5) is 22.0 Å². The van der Waals surface area contributed by atoms with Crippen molar-refractivity contribution in [1.82, 2.24) is 4.37 Å². The third kappa shape index (κ3) is 3.09. The van der Waals surface area contributed by atoms with Crippen LogP contribution in [-0.2, 0) is 12.1 Å². The second kappa shape index (κ2) is 4.56. The molecule has 0 spiro atoms. The van der Waals surface area contributed by atoms with Crippen molar-refractivity contribution in [2.75, 3.05) is 0 Å². The molecule has 0 aliphatic carbocycles. The molecule has 0 saturated carbocycles. The van der Waals surface area contributed by atoms with Crippen LogP contribution in [0.3, 0.4) is 0 Å². The second-order valence-corrected chi connectivity index (χ2v) is 4.84. The molecular weight excluding hydrogens is 285 g/mol. The van der Waals surface area contributed by atoms with Crippen molar-refractivity contribution in [2.45, 2.75) is 19.0 Å². The van der Waals surface area contributed by atoms with E-state index in [2.05, 4.69) is 4.37 Å². The van der Waals surface area contributed by atoms with Crippen LogP contribution in [0, 0.1) is 0 Å². The smallest absolute Gasteiger partial charge is 0.202 e. The molecule has 2 aromatic rings. The van der Waals surface area contributed by atoms with Gasteiger partial charge in [0.15, 0.2) is 0 Å². The van der Waals surface area contributed by atoms with Crippen LogP contribution in [0.25, 0.3) is 11.3 Å². The molecule has 0 radical (unpaired) electrons. The number of rotatable bonds is 2. The highest BCUT2D eigenvalue weighted by molar-refractivity contribution is 7.06. The molecule has 2 rings (SSSR count). The van der Waals surface area contributed by atoms with Crippen molar-refractivity contribution in [1.29, 1.82) is 0 Å². The molecule has 1 aromatic heterocycles. The summed E-state index contributed by atoms with van der Waals surface area (Å²) in [6.45, 7) is 0.757. The number of hydrogen-bond donors (Lipinski definition) is 0. The Labute approximate surface area is 109 Å². The van der Waals surface area contributed by atoms with Crippen molar-refractivity contribution in [3.05, 3.63) is 40.8 Å². The van der Waals surface area contributed by atoms with Crippen LogP contribution in [0.2, 0.25) is 0 Å². The van der Waals surface area contributed by atoms with Gasteiger partial charge in [-0.1, -0.05) is 24.3 Å². The molecule has 0 bridgehead atoms. The molecule has 0 aliphatic heterocycles. The van der Waals surface area contributed by atoms with Gasteiger partial charge in [-0.2, -0.15) is 17.5 Å². The standard InChI is InChI=1S/C12H8F5NS/c1-11(13,14)8-4-2-7(3-5-8)9-6-10(19-18-9)12(15,16)17/h2-6H,1H3. The fourth-order valence-electron chi connectivity index (χ4n) is 1.48. The Bertz CT molecular complexity index is 565. The van der Waals surface area contributed by atoms with Crippen LogP contribution in [-0.4, -0.2) is 4.37 Å². The van der Waals surface area contributed by atoms with Crippen molar-refractivity contribution in [3.63, 3.8) is 0 Å². The predicted octanol–water partition coefficient (Wildman–Crippen LogP) is 4.94. The second-order valence-electron chi connectivity index (χ2n) is 4.04. The van der Waals surface area contributed by atoms with E-state index in [1.54, 1.807) is 0 Å². The molecule has 19 heavy (non-hydrogen) atoms. The molecule has 0 aliphatic rings. The first kappa shape index (κ1) is 13.9. The van der Waals surface area contributed by atoms with Gasteiger partial charge in [0.05, 0.1) is 5.69 Å². The highest BCUT2D eigenvalue weighted by atomic mass is 32.1. The molecule has 102 valence electrons. The molecule has 0 fully saturated rings. The maximum atomic E-state index is 13.0. The molecule has 1 heterocycles. The average Bonchev–Trinajstić information content (AvgIpc) is 2.77. The Balaban J connectivity index is 2.31. The number of halogens is 5. The lowest BCUT2D eigenvalue weighted by Crippen LogP contribution is -2.06. The van der Waals surface area contributed by atoms with Gasteiger partial charge in [0.1, 0.15) is 4.88 Å². The molecular formula is C12H8F5NS. The van der Waals surface area contributed by atoms with E-state index in [1.165, 1.54) is 24.3 Å². The minimum Gasteiger partial charge on any atom is -0.202 e. The lowest BCUT2D eigenvalue weighted by molar-refractivity contribution is -0.134. The number of aromatic nitrogens is 1. The zero-order chi connectivity index (χ0) is 14.3. The zero-order valence-corrected chi connectivity index (χ0v) is 10.4. The SMILES string of the molecule is CC(F)(F)c1ccc(-c2cc(C(F)(F)F)sn2)cc1. The van der Waals surface area contributed by atoms with Crippen LogP contribution < -0.4 is 0 Å². The lowest BCUT2D eigenvalue weighted by Gasteiger charge is -2.10. The lowest BCUT2D eigenvalue weighted by atomic mass is 10.1. The monoisotopic (exact) mass is 293 g/mol. The summed E-state index contributed by atoms with van der Waals surface area (Å²) < 4.78 is 66.9. The van der Waals surface area contributed by atoms with E-state index in [9.17, 15) is 22.0 Å². The van der Waals surface area contributed by atoms with Crippen molar-refractivity contribution < 1.29 is 22.0 Å². The molecule has 0 saturated heterocycles. The minimum absolute atomic E-state index is 0.128. The number of nitrogens with zero attached hydrogens (tertiary/aromatic N) is 1. The third-order valence-electron chi connectivity index (χ3n) is 2.48. The number of hydrogen-bond acceptors (Lipinski definition) is 2. The highest BCUT2D eigenvalue weighted by Gasteiger charge is 2.33. The Hall–Kier alpha value is -1.50. The van der Waals surface area contributed by atoms with Gasteiger partial charge in [0, 0.05) is 18.1 Å². The fourth-order valence-corrected chi connectivity index (χ4v) is 2.10. The van der Waals surface area contributed by atoms with E-state index < -0.39 is 17.0 Å². The predicted molar refractivity (Wildman–Crippen MR) is 62.1 cm³/mol. The van der Waals surface area contributed by atoms with Gasteiger partial charge < -0.3 is 0 Å². The third-order valence-corrected chi connectivity index (χ3v) is 3.31. The van der Waals surface area contributed by atoms with E-state index in [-0.39, 0.29) is 11.3 Å². The topological polar surface area (TPSA) is 12.9 Å². The van der Waals surface area contributed by atoms with E-state index in [1.807, 2.05) is 0 Å². The van der Waals surface area contributed by atoms with Crippen LogP contribution in [0.1, 0.15) is 17.4 Å². The highest BCUT2D eigenvalue weighted by Crippen LogP contribution is 2.35. The minimum atomic E-state index is -4.44. The molecule has 7 heteroatoms. The zero-order valence-electron chi connectivity index (χ0n) is 9.63. The van der Waals surface area contributed by atoms with Crippen molar-refractivity contribution in [3.8, 4) is 11.3 Å². The number of alkyl halides is 5. The van der Waals surface area contributed by atoms with Gasteiger partial charge in [-0.3, -0.25) is 0 Å². The molecule has 1 nitrogen and oxygen atoms in total. The summed E-state index contributed by atoms with van der Waals surface area (Å²) in [7, 11) is 0. The normalized spacial score (nSPS) is 12.7. The summed E-state index contributed by atoms with van der Waals surface area (Å²) in [5.41, 5.74) is 0.311. The Morgan fingerprint density at radius 3 is 2.00 bits per heavy atom. The van der Waals surface area contributed by atoms with Crippen molar-refractivity contribution >= 4 is 11.5 Å². The molecule has 0 N–H and O–H groups in total. The molecule has 0 amide bonds. The number of benzene rings is 1. The maximum Gasteiger partial charge on any atom is 0.427 e. The molecule has 0 atom stereocenters. The van der Waals surface area contributed by atoms with Crippen molar-refractivity contribution in [2.24, 2.45) is 0 Å². The van der Waals surface area contributed by atoms with Gasteiger partial charge >= 0.3 is 6.18 Å². The maximum absolute atomic E-state index is 13.0. The molecule has 1 aromatic carbocycles.